The fourth-order valence-electron chi connectivity index (χ4n) is 5.95. The van der Waals surface area contributed by atoms with E-state index in [0.29, 0.717) is 5.56 Å². The summed E-state index contributed by atoms with van der Waals surface area (Å²) in [5, 5.41) is 1.14. The zero-order chi connectivity index (χ0) is 35.6. The van der Waals surface area contributed by atoms with Crippen molar-refractivity contribution in [2.24, 2.45) is 5.41 Å². The number of aromatic nitrogens is 3. The monoisotopic (exact) mass is 882 g/mol. The zero-order valence-corrected chi connectivity index (χ0v) is 31.9. The molecule has 7 aromatic rings. The van der Waals surface area contributed by atoms with Crippen LogP contribution in [0.5, 0.6) is 0 Å². The van der Waals surface area contributed by atoms with Crippen molar-refractivity contribution < 1.29 is 37.7 Å². The van der Waals surface area contributed by atoms with E-state index in [2.05, 4.69) is 55.0 Å². The summed E-state index contributed by atoms with van der Waals surface area (Å²) >= 11 is 1.66. The Bertz CT molecular complexity index is 2220. The van der Waals surface area contributed by atoms with Crippen LogP contribution in [0.25, 0.3) is 48.9 Å². The number of thiophene rings is 1. The summed E-state index contributed by atoms with van der Waals surface area (Å²) in [6, 6.07) is 34.0. The van der Waals surface area contributed by atoms with Gasteiger partial charge in [-0.15, -0.1) is 77.1 Å². The summed E-state index contributed by atoms with van der Waals surface area (Å²) in [6.45, 7) is 8.70. The standard InChI is InChI=1S/C25H21F3NS.C17H14FN2.Ir/c1-16-20-13-14-29-21(18-7-5-4-6-8-18)23(20)30-22(16)19-11-9-17(10-12-19)15-24(2,3)25(26,27)28;1-12-4-3-5-13(2)16(12)20-11-10-19-17(20)14-6-8-15(18)9-7-14;/h4-7,9-14H,15H2,1-3H3;3-6,8-11H,1-2H3;/q2*-1;. The first kappa shape index (κ1) is 37.8. The molecule has 0 spiro atoms. The quantitative estimate of drug-likeness (QED) is 0.123. The molecule has 7 rings (SSSR count). The van der Waals surface area contributed by atoms with Gasteiger partial charge in [-0.3, -0.25) is 9.37 Å². The number of imidazole rings is 1. The fraction of sp³-hybridized carbons (Fsp3) is 0.190. The van der Waals surface area contributed by atoms with Gasteiger partial charge in [0, 0.05) is 65.5 Å². The summed E-state index contributed by atoms with van der Waals surface area (Å²) < 4.78 is 55.8. The van der Waals surface area contributed by atoms with E-state index in [-0.39, 0.29) is 32.3 Å². The molecule has 9 heteroatoms. The molecular weight excluding hydrogens is 847 g/mol. The number of fused-ring (bicyclic) bond motifs is 1. The largest absolute Gasteiger partial charge is 0.394 e. The van der Waals surface area contributed by atoms with Gasteiger partial charge >= 0.3 is 6.18 Å². The molecule has 0 saturated heterocycles. The third-order valence-corrected chi connectivity index (χ3v) is 10.1. The van der Waals surface area contributed by atoms with Crippen LogP contribution in [0.1, 0.15) is 36.1 Å². The van der Waals surface area contributed by atoms with Crippen LogP contribution in [0.15, 0.2) is 110 Å². The van der Waals surface area contributed by atoms with E-state index in [1.54, 1.807) is 35.7 Å². The van der Waals surface area contributed by atoms with Gasteiger partial charge in [-0.1, -0.05) is 56.3 Å². The first-order valence-corrected chi connectivity index (χ1v) is 16.9. The van der Waals surface area contributed by atoms with Gasteiger partial charge in [-0.05, 0) is 66.5 Å². The Morgan fingerprint density at radius 3 is 2.14 bits per heavy atom. The number of rotatable bonds is 6. The Morgan fingerprint density at radius 2 is 1.51 bits per heavy atom. The molecule has 4 aromatic carbocycles. The molecule has 1 radical (unpaired) electrons. The molecule has 0 aliphatic carbocycles. The number of aryl methyl sites for hydroxylation is 3. The third kappa shape index (κ3) is 8.06. The molecule has 0 aliphatic heterocycles. The van der Waals surface area contributed by atoms with Crippen molar-refractivity contribution in [1.82, 2.24) is 14.5 Å². The number of alkyl halides is 3. The van der Waals surface area contributed by atoms with Gasteiger partial charge < -0.3 is 9.55 Å². The van der Waals surface area contributed by atoms with Crippen LogP contribution in [-0.2, 0) is 26.5 Å². The summed E-state index contributed by atoms with van der Waals surface area (Å²) in [4.78, 5) is 10.1. The predicted molar refractivity (Wildman–Crippen MR) is 195 cm³/mol. The molecule has 0 unspecified atom stereocenters. The van der Waals surface area contributed by atoms with Gasteiger partial charge in [0.25, 0.3) is 0 Å². The van der Waals surface area contributed by atoms with Gasteiger partial charge in [-0.2, -0.15) is 13.2 Å². The van der Waals surface area contributed by atoms with Crippen molar-refractivity contribution in [1.29, 1.82) is 0 Å². The number of para-hydroxylation sites is 1. The van der Waals surface area contributed by atoms with E-state index in [0.717, 1.165) is 54.4 Å². The van der Waals surface area contributed by atoms with Crippen LogP contribution in [0.4, 0.5) is 17.6 Å². The Balaban J connectivity index is 0.000000209. The van der Waals surface area contributed by atoms with Crippen molar-refractivity contribution in [3.8, 4) is 38.8 Å². The van der Waals surface area contributed by atoms with Gasteiger partial charge in [0.05, 0.1) is 11.2 Å². The van der Waals surface area contributed by atoms with Crippen LogP contribution in [0, 0.1) is 44.1 Å². The van der Waals surface area contributed by atoms with E-state index in [9.17, 15) is 17.6 Å². The second-order valence-electron chi connectivity index (χ2n) is 12.9. The van der Waals surface area contributed by atoms with Crippen molar-refractivity contribution in [2.45, 2.75) is 47.2 Å². The number of pyridine rings is 1. The summed E-state index contributed by atoms with van der Waals surface area (Å²) in [7, 11) is 0. The second kappa shape index (κ2) is 15.4. The number of hydrogen-bond donors (Lipinski definition) is 0. The number of nitrogens with zero attached hydrogens (tertiary/aromatic N) is 3. The Labute approximate surface area is 313 Å². The minimum Gasteiger partial charge on any atom is -0.340 e. The summed E-state index contributed by atoms with van der Waals surface area (Å²) in [6.07, 6.45) is 1.20. The van der Waals surface area contributed by atoms with Gasteiger partial charge in [0.2, 0.25) is 0 Å². The minimum atomic E-state index is -4.23. The molecular formula is C42H35F4IrN3S-2. The van der Waals surface area contributed by atoms with Crippen molar-refractivity contribution in [2.75, 3.05) is 0 Å². The zero-order valence-electron chi connectivity index (χ0n) is 28.7. The number of halogens is 4. The molecule has 263 valence electrons. The predicted octanol–water partition coefficient (Wildman–Crippen LogP) is 12.0. The second-order valence-corrected chi connectivity index (χ2v) is 13.9. The Hall–Kier alpha value is -4.43. The maximum absolute atomic E-state index is 13.2. The molecule has 0 amide bonds. The summed E-state index contributed by atoms with van der Waals surface area (Å²) in [5.74, 6) is 0.473. The molecule has 0 atom stereocenters. The van der Waals surface area contributed by atoms with Crippen LogP contribution >= 0.6 is 11.3 Å². The fourth-order valence-corrected chi connectivity index (χ4v) is 7.27. The third-order valence-electron chi connectivity index (χ3n) is 8.78. The topological polar surface area (TPSA) is 30.7 Å². The summed E-state index contributed by atoms with van der Waals surface area (Å²) in [5.41, 5.74) is 7.16. The van der Waals surface area contributed by atoms with Crippen LogP contribution in [-0.4, -0.2) is 20.7 Å². The van der Waals surface area contributed by atoms with E-state index in [1.165, 1.54) is 37.1 Å². The first-order valence-electron chi connectivity index (χ1n) is 16.1. The molecule has 51 heavy (non-hydrogen) atoms. The van der Waals surface area contributed by atoms with Gasteiger partial charge in [0.15, 0.2) is 0 Å². The van der Waals surface area contributed by atoms with E-state index < -0.39 is 11.6 Å². The van der Waals surface area contributed by atoms with Crippen molar-refractivity contribution in [3.63, 3.8) is 0 Å². The van der Waals surface area contributed by atoms with Crippen molar-refractivity contribution in [3.05, 3.63) is 150 Å². The van der Waals surface area contributed by atoms with Crippen LogP contribution in [0.2, 0.25) is 0 Å². The Morgan fingerprint density at radius 1 is 0.784 bits per heavy atom. The molecule has 0 bridgehead atoms. The average Bonchev–Trinajstić information content (AvgIpc) is 3.70. The molecule has 0 fully saturated rings. The molecule has 0 N–H and O–H groups in total. The SMILES string of the molecule is Cc1c(-c2ccc(CC(C)(C)C(F)(F)F)cc2)sc2c(-c3[c-]cccc3)nccc12.Cc1cccc(C)c1-n1ccnc1-c1[c-]cc(F)cc1.[Ir]. The molecule has 3 aromatic heterocycles. The number of hydrogen-bond acceptors (Lipinski definition) is 3. The molecule has 3 heterocycles. The van der Waals surface area contributed by atoms with Gasteiger partial charge in [-0.25, -0.2) is 0 Å². The van der Waals surface area contributed by atoms with E-state index in [1.807, 2.05) is 65.5 Å². The smallest absolute Gasteiger partial charge is 0.340 e. The average molecular weight is 882 g/mol. The molecule has 3 nitrogen and oxygen atoms in total. The maximum atomic E-state index is 13.2. The minimum absolute atomic E-state index is 0. The maximum Gasteiger partial charge on any atom is 0.394 e. The van der Waals surface area contributed by atoms with Crippen LogP contribution in [0.3, 0.4) is 0 Å². The number of benzene rings is 4. The van der Waals surface area contributed by atoms with E-state index in [4.69, 9.17) is 0 Å². The Kier molecular flexibility index (Phi) is 11.4. The van der Waals surface area contributed by atoms with Gasteiger partial charge in [0.1, 0.15) is 0 Å². The normalized spacial score (nSPS) is 11.5. The van der Waals surface area contributed by atoms with E-state index >= 15 is 0 Å². The molecule has 0 saturated carbocycles. The first-order chi connectivity index (χ1) is 23.8. The van der Waals surface area contributed by atoms with Crippen LogP contribution < -0.4 is 0 Å². The van der Waals surface area contributed by atoms with Crippen molar-refractivity contribution >= 4 is 21.4 Å². The molecule has 0 aliphatic rings.